The molecule has 112 valence electrons. The van der Waals surface area contributed by atoms with Crippen molar-refractivity contribution in [1.82, 2.24) is 5.32 Å². The number of carbonyl (C=O) groups excluding carboxylic acids is 2. The molecule has 6 nitrogen and oxygen atoms in total. The molecule has 7 heteroatoms. The van der Waals surface area contributed by atoms with Crippen molar-refractivity contribution in [3.8, 4) is 0 Å². The second-order valence-corrected chi connectivity index (χ2v) is 6.07. The van der Waals surface area contributed by atoms with Crippen LogP contribution >= 0.6 is 11.8 Å². The number of thioether (sulfide) groups is 1. The van der Waals surface area contributed by atoms with Gasteiger partial charge in [-0.25, -0.2) is 4.79 Å². The summed E-state index contributed by atoms with van der Waals surface area (Å²) < 4.78 is 0. The van der Waals surface area contributed by atoms with E-state index in [4.69, 9.17) is 0 Å². The quantitative estimate of drug-likeness (QED) is 0.724. The van der Waals surface area contributed by atoms with Crippen molar-refractivity contribution in [2.45, 2.75) is 18.9 Å². The maximum atomic E-state index is 11.9. The van der Waals surface area contributed by atoms with Crippen LogP contribution in [0.15, 0.2) is 24.3 Å². The maximum Gasteiger partial charge on any atom is 0.330 e. The van der Waals surface area contributed by atoms with Crippen LogP contribution in [0.4, 0.5) is 5.69 Å². The lowest BCUT2D eigenvalue weighted by atomic mass is 9.99. The molecule has 2 rings (SSSR count). The fraction of sp³-hybridized carbons (Fsp3) is 0.357. The SMILES string of the molecule is Cc1ccc(NC(=O)C(=O)NC2(C(=O)O)CCSC2)cc1. The van der Waals surface area contributed by atoms with Gasteiger partial charge < -0.3 is 15.7 Å². The molecule has 1 saturated heterocycles. The number of hydrogen-bond donors (Lipinski definition) is 3. The van der Waals surface area contributed by atoms with Crippen LogP contribution in [0.25, 0.3) is 0 Å². The van der Waals surface area contributed by atoms with Crippen LogP contribution in [0.5, 0.6) is 0 Å². The molecule has 0 saturated carbocycles. The molecule has 1 atom stereocenters. The summed E-state index contributed by atoms with van der Waals surface area (Å²) in [6.45, 7) is 1.91. The Morgan fingerprint density at radius 3 is 2.38 bits per heavy atom. The zero-order valence-electron chi connectivity index (χ0n) is 11.5. The zero-order valence-corrected chi connectivity index (χ0v) is 12.3. The summed E-state index contributed by atoms with van der Waals surface area (Å²) in [5, 5.41) is 14.1. The molecule has 0 aromatic heterocycles. The number of carboxylic acids is 1. The Kier molecular flexibility index (Phi) is 4.52. The first-order valence-corrected chi connectivity index (χ1v) is 7.60. The number of aliphatic carboxylic acids is 1. The van der Waals surface area contributed by atoms with Gasteiger partial charge in [0.25, 0.3) is 0 Å². The van der Waals surface area contributed by atoms with Gasteiger partial charge in [-0.3, -0.25) is 9.59 Å². The highest BCUT2D eigenvalue weighted by Crippen LogP contribution is 2.28. The van der Waals surface area contributed by atoms with E-state index in [9.17, 15) is 19.5 Å². The minimum absolute atomic E-state index is 0.270. The van der Waals surface area contributed by atoms with Crippen molar-refractivity contribution in [2.75, 3.05) is 16.8 Å². The van der Waals surface area contributed by atoms with Gasteiger partial charge in [0.15, 0.2) is 0 Å². The Morgan fingerprint density at radius 1 is 1.19 bits per heavy atom. The molecule has 0 bridgehead atoms. The number of carboxylic acid groups (broad SMARTS) is 1. The van der Waals surface area contributed by atoms with Crippen LogP contribution in [0.2, 0.25) is 0 Å². The Labute approximate surface area is 126 Å². The second kappa shape index (κ2) is 6.17. The third-order valence-corrected chi connectivity index (χ3v) is 4.49. The first kappa shape index (κ1) is 15.4. The minimum atomic E-state index is -1.34. The van der Waals surface area contributed by atoms with E-state index < -0.39 is 23.3 Å². The van der Waals surface area contributed by atoms with Crippen LogP contribution in [0, 0.1) is 6.92 Å². The van der Waals surface area contributed by atoms with Crippen molar-refractivity contribution < 1.29 is 19.5 Å². The van der Waals surface area contributed by atoms with E-state index in [1.165, 1.54) is 11.8 Å². The summed E-state index contributed by atoms with van der Waals surface area (Å²) in [6.07, 6.45) is 0.316. The van der Waals surface area contributed by atoms with E-state index >= 15 is 0 Å². The smallest absolute Gasteiger partial charge is 0.330 e. The molecule has 1 aromatic carbocycles. The molecule has 1 aromatic rings. The van der Waals surface area contributed by atoms with Gasteiger partial charge in [-0.15, -0.1) is 0 Å². The molecular weight excluding hydrogens is 292 g/mol. The summed E-state index contributed by atoms with van der Waals surface area (Å²) in [7, 11) is 0. The van der Waals surface area contributed by atoms with Crippen LogP contribution in [-0.4, -0.2) is 39.9 Å². The standard InChI is InChI=1S/C14H16N2O4S/c1-9-2-4-10(5-3-9)15-11(17)12(18)16-14(13(19)20)6-7-21-8-14/h2-5H,6-8H2,1H3,(H,15,17)(H,16,18)(H,19,20). The van der Waals surface area contributed by atoms with Crippen molar-refractivity contribution in [3.05, 3.63) is 29.8 Å². The summed E-state index contributed by atoms with van der Waals surface area (Å²) in [6, 6.07) is 6.97. The van der Waals surface area contributed by atoms with Gasteiger partial charge in [0.05, 0.1) is 0 Å². The molecule has 3 N–H and O–H groups in total. The molecule has 2 amide bonds. The number of rotatable bonds is 3. The maximum absolute atomic E-state index is 11.9. The highest BCUT2D eigenvalue weighted by Gasteiger charge is 2.44. The molecule has 1 fully saturated rings. The van der Waals surface area contributed by atoms with Gasteiger partial charge in [0.1, 0.15) is 5.54 Å². The highest BCUT2D eigenvalue weighted by atomic mass is 32.2. The number of anilines is 1. The summed E-state index contributed by atoms with van der Waals surface area (Å²) in [5.41, 5.74) is 0.183. The van der Waals surface area contributed by atoms with Crippen molar-refractivity contribution in [2.24, 2.45) is 0 Å². The summed E-state index contributed by atoms with van der Waals surface area (Å²) >= 11 is 1.44. The lowest BCUT2D eigenvalue weighted by molar-refractivity contribution is -0.147. The van der Waals surface area contributed by atoms with Gasteiger partial charge in [-0.1, -0.05) is 17.7 Å². The Balaban J connectivity index is 2.00. The van der Waals surface area contributed by atoms with Crippen molar-refractivity contribution in [1.29, 1.82) is 0 Å². The predicted molar refractivity (Wildman–Crippen MR) is 80.3 cm³/mol. The van der Waals surface area contributed by atoms with E-state index in [-0.39, 0.29) is 5.75 Å². The number of amides is 2. The molecule has 1 unspecified atom stereocenters. The number of aryl methyl sites for hydroxylation is 1. The number of nitrogens with one attached hydrogen (secondary N) is 2. The van der Waals surface area contributed by atoms with E-state index in [2.05, 4.69) is 10.6 Å². The molecule has 0 aliphatic carbocycles. The van der Waals surface area contributed by atoms with Gasteiger partial charge in [-0.2, -0.15) is 11.8 Å². The van der Waals surface area contributed by atoms with Crippen molar-refractivity contribution in [3.63, 3.8) is 0 Å². The van der Waals surface area contributed by atoms with Crippen molar-refractivity contribution >= 4 is 35.2 Å². The normalized spacial score (nSPS) is 20.8. The first-order valence-electron chi connectivity index (χ1n) is 6.44. The van der Waals surface area contributed by atoms with E-state index in [0.29, 0.717) is 17.9 Å². The molecule has 0 spiro atoms. The van der Waals surface area contributed by atoms with E-state index in [1.807, 2.05) is 6.92 Å². The second-order valence-electron chi connectivity index (χ2n) is 4.96. The summed E-state index contributed by atoms with van der Waals surface area (Å²) in [5.74, 6) is -1.99. The molecule has 1 aliphatic heterocycles. The third-order valence-electron chi connectivity index (χ3n) is 3.30. The minimum Gasteiger partial charge on any atom is -0.479 e. The third kappa shape index (κ3) is 3.55. The topological polar surface area (TPSA) is 95.5 Å². The Morgan fingerprint density at radius 2 is 1.86 bits per heavy atom. The van der Waals surface area contributed by atoms with Crippen LogP contribution in [-0.2, 0) is 14.4 Å². The number of carbonyl (C=O) groups is 3. The van der Waals surface area contributed by atoms with E-state index in [1.54, 1.807) is 24.3 Å². The molecule has 1 heterocycles. The van der Waals surface area contributed by atoms with Crippen LogP contribution < -0.4 is 10.6 Å². The molecular formula is C14H16N2O4S. The van der Waals surface area contributed by atoms with Crippen LogP contribution in [0.3, 0.4) is 0 Å². The van der Waals surface area contributed by atoms with Gasteiger partial charge >= 0.3 is 17.8 Å². The molecule has 21 heavy (non-hydrogen) atoms. The van der Waals surface area contributed by atoms with Gasteiger partial charge in [-0.05, 0) is 31.2 Å². The Hall–Kier alpha value is -2.02. The fourth-order valence-corrected chi connectivity index (χ4v) is 3.31. The number of benzene rings is 1. The lowest BCUT2D eigenvalue weighted by Crippen LogP contribution is -2.57. The molecule has 0 radical (unpaired) electrons. The largest absolute Gasteiger partial charge is 0.479 e. The van der Waals surface area contributed by atoms with Gasteiger partial charge in [0.2, 0.25) is 0 Å². The van der Waals surface area contributed by atoms with Gasteiger partial charge in [0, 0.05) is 11.4 Å². The summed E-state index contributed by atoms with van der Waals surface area (Å²) in [4.78, 5) is 35.0. The molecule has 1 aliphatic rings. The first-order chi connectivity index (χ1) is 9.93. The van der Waals surface area contributed by atoms with E-state index in [0.717, 1.165) is 5.56 Å². The van der Waals surface area contributed by atoms with Crippen LogP contribution in [0.1, 0.15) is 12.0 Å². The predicted octanol–water partition coefficient (Wildman–Crippen LogP) is 1.01. The zero-order chi connectivity index (χ0) is 15.5. The average molecular weight is 308 g/mol. The number of hydrogen-bond acceptors (Lipinski definition) is 4. The lowest BCUT2D eigenvalue weighted by Gasteiger charge is -2.24. The monoisotopic (exact) mass is 308 g/mol. The Bertz CT molecular complexity index is 565. The average Bonchev–Trinajstić information content (AvgIpc) is 2.91. The fourth-order valence-electron chi connectivity index (χ4n) is 1.98. The highest BCUT2D eigenvalue weighted by molar-refractivity contribution is 7.99.